The van der Waals surface area contributed by atoms with E-state index in [1.54, 1.807) is 0 Å². The van der Waals surface area contributed by atoms with Crippen LogP contribution in [0.1, 0.15) is 0 Å². The minimum atomic E-state index is 1.09. The molecule has 11 aromatic carbocycles. The molecule has 0 amide bonds. The van der Waals surface area contributed by atoms with E-state index in [4.69, 9.17) is 0 Å². The van der Waals surface area contributed by atoms with Gasteiger partial charge < -0.3 is 9.47 Å². The molecule has 0 saturated carbocycles. The summed E-state index contributed by atoms with van der Waals surface area (Å²) in [6.07, 6.45) is 0. The van der Waals surface area contributed by atoms with Crippen molar-refractivity contribution in [3.8, 4) is 39.1 Å². The monoisotopic (exact) mass is 788 g/mol. The van der Waals surface area contributed by atoms with Crippen LogP contribution in [0.25, 0.3) is 93.2 Å². The van der Waals surface area contributed by atoms with Gasteiger partial charge >= 0.3 is 0 Å². The van der Waals surface area contributed by atoms with Crippen molar-refractivity contribution in [3.63, 3.8) is 0 Å². The van der Waals surface area contributed by atoms with E-state index in [9.17, 15) is 0 Å². The molecule has 12 rings (SSSR count). The number of benzene rings is 11. The number of fused-ring (bicyclic) bond motifs is 7. The van der Waals surface area contributed by atoms with Gasteiger partial charge in [-0.3, -0.25) is 0 Å². The summed E-state index contributed by atoms with van der Waals surface area (Å²) in [7, 11) is 0. The zero-order chi connectivity index (χ0) is 41.0. The highest BCUT2D eigenvalue weighted by molar-refractivity contribution is 6.17. The summed E-state index contributed by atoms with van der Waals surface area (Å²) in [6, 6.07) is 88.7. The number of rotatable bonds is 7. The molecule has 0 atom stereocenters. The minimum Gasteiger partial charge on any atom is -0.307 e. The van der Waals surface area contributed by atoms with Crippen LogP contribution in [0, 0.1) is 0 Å². The SMILES string of the molecule is c1ccc(-c2cccc3cccc(-c4ccccc4N(c4ccccc4-c4cccc5c4ccc4ccccc45)c4cccc5c6ccccc6n(-c6ccccc6)c45)c23)cc1. The molecule has 0 fully saturated rings. The highest BCUT2D eigenvalue weighted by atomic mass is 15.2. The van der Waals surface area contributed by atoms with Crippen LogP contribution >= 0.6 is 0 Å². The third kappa shape index (κ3) is 5.73. The van der Waals surface area contributed by atoms with Crippen LogP contribution in [-0.4, -0.2) is 4.57 Å². The summed E-state index contributed by atoms with van der Waals surface area (Å²) in [5, 5.41) is 9.84. The smallest absolute Gasteiger partial charge is 0.0782 e. The van der Waals surface area contributed by atoms with E-state index < -0.39 is 0 Å². The number of hydrogen-bond donors (Lipinski definition) is 0. The summed E-state index contributed by atoms with van der Waals surface area (Å²) < 4.78 is 2.45. The average molecular weight is 789 g/mol. The van der Waals surface area contributed by atoms with Gasteiger partial charge in [0.1, 0.15) is 0 Å². The largest absolute Gasteiger partial charge is 0.307 e. The molecule has 1 aromatic heterocycles. The highest BCUT2D eigenvalue weighted by Gasteiger charge is 2.26. The van der Waals surface area contributed by atoms with Crippen LogP contribution in [0.5, 0.6) is 0 Å². The van der Waals surface area contributed by atoms with Crippen molar-refractivity contribution < 1.29 is 0 Å². The van der Waals surface area contributed by atoms with Gasteiger partial charge in [-0.2, -0.15) is 0 Å². The first-order chi connectivity index (χ1) is 30.8. The molecule has 2 nitrogen and oxygen atoms in total. The fourth-order valence-electron chi connectivity index (χ4n) is 9.91. The van der Waals surface area contributed by atoms with E-state index in [-0.39, 0.29) is 0 Å². The van der Waals surface area contributed by atoms with E-state index >= 15 is 0 Å². The Bertz CT molecular complexity index is 3630. The normalized spacial score (nSPS) is 11.5. The Balaban J connectivity index is 1.21. The topological polar surface area (TPSA) is 8.17 Å². The highest BCUT2D eigenvalue weighted by Crippen LogP contribution is 2.50. The van der Waals surface area contributed by atoms with Crippen molar-refractivity contribution >= 4 is 71.2 Å². The molecule has 0 aliphatic heterocycles. The molecule has 0 radical (unpaired) electrons. The molecule has 0 aliphatic carbocycles. The van der Waals surface area contributed by atoms with E-state index in [1.807, 2.05) is 0 Å². The Morgan fingerprint density at radius 1 is 0.274 bits per heavy atom. The zero-order valence-electron chi connectivity index (χ0n) is 34.0. The van der Waals surface area contributed by atoms with Crippen molar-refractivity contribution in [2.75, 3.05) is 4.90 Å². The Morgan fingerprint density at radius 2 is 0.790 bits per heavy atom. The second kappa shape index (κ2) is 14.8. The maximum Gasteiger partial charge on any atom is 0.0782 e. The van der Waals surface area contributed by atoms with Gasteiger partial charge in [-0.05, 0) is 91.0 Å². The van der Waals surface area contributed by atoms with Gasteiger partial charge in [-0.1, -0.05) is 206 Å². The predicted octanol–water partition coefficient (Wildman–Crippen LogP) is 16.7. The number of hydrogen-bond acceptors (Lipinski definition) is 1. The Labute approximate surface area is 360 Å². The molecule has 0 spiro atoms. The summed E-state index contributed by atoms with van der Waals surface area (Å²) in [5.74, 6) is 0. The third-order valence-electron chi connectivity index (χ3n) is 12.6. The molecule has 0 saturated heterocycles. The molecule has 290 valence electrons. The standard InChI is InChI=1S/C60H40N2/c1-3-19-41(20-4-1)46-30-15-22-43-23-16-33-53(59(43)46)51-28-10-14-37-57(51)62(58-38-18-34-54-52-29-11-12-35-55(52)61(60(54)58)44-24-5-2-6-25-44)56-36-13-9-27-50(56)48-32-17-31-47-45-26-8-7-21-42(45)39-40-49(47)48/h1-40H. The lowest BCUT2D eigenvalue weighted by Crippen LogP contribution is -2.14. The molecule has 62 heavy (non-hydrogen) atoms. The van der Waals surface area contributed by atoms with Crippen molar-refractivity contribution in [2.45, 2.75) is 0 Å². The number of aromatic nitrogens is 1. The van der Waals surface area contributed by atoms with Crippen molar-refractivity contribution in [3.05, 3.63) is 243 Å². The lowest BCUT2D eigenvalue weighted by molar-refractivity contribution is 1.17. The number of anilines is 3. The fourth-order valence-corrected chi connectivity index (χ4v) is 9.91. The van der Waals surface area contributed by atoms with Crippen LogP contribution in [0.15, 0.2) is 243 Å². The van der Waals surface area contributed by atoms with E-state index in [2.05, 4.69) is 252 Å². The van der Waals surface area contributed by atoms with Crippen molar-refractivity contribution in [2.24, 2.45) is 0 Å². The van der Waals surface area contributed by atoms with Crippen molar-refractivity contribution in [1.82, 2.24) is 4.57 Å². The van der Waals surface area contributed by atoms with Gasteiger partial charge in [0.2, 0.25) is 0 Å². The van der Waals surface area contributed by atoms with E-state index in [0.717, 1.165) is 39.4 Å². The second-order valence-electron chi connectivity index (χ2n) is 16.0. The first-order valence-corrected chi connectivity index (χ1v) is 21.4. The Morgan fingerprint density at radius 3 is 1.58 bits per heavy atom. The maximum atomic E-state index is 2.54. The van der Waals surface area contributed by atoms with Crippen molar-refractivity contribution in [1.29, 1.82) is 0 Å². The molecule has 2 heteroatoms. The van der Waals surface area contributed by atoms with Gasteiger partial charge in [-0.25, -0.2) is 0 Å². The molecule has 0 bridgehead atoms. The first-order valence-electron chi connectivity index (χ1n) is 21.4. The van der Waals surface area contributed by atoms with E-state index in [0.29, 0.717) is 0 Å². The molecule has 0 N–H and O–H groups in total. The predicted molar refractivity (Wildman–Crippen MR) is 264 cm³/mol. The van der Waals surface area contributed by atoms with Crippen LogP contribution in [0.2, 0.25) is 0 Å². The maximum absolute atomic E-state index is 2.54. The lowest BCUT2D eigenvalue weighted by Gasteiger charge is -2.31. The number of para-hydroxylation sites is 5. The van der Waals surface area contributed by atoms with Crippen LogP contribution in [0.3, 0.4) is 0 Å². The Hall–Kier alpha value is -8.20. The molecule has 0 aliphatic rings. The fraction of sp³-hybridized carbons (Fsp3) is 0. The van der Waals surface area contributed by atoms with Gasteiger partial charge in [0.15, 0.2) is 0 Å². The summed E-state index contributed by atoms with van der Waals surface area (Å²) in [5.41, 5.74) is 13.8. The van der Waals surface area contributed by atoms with E-state index in [1.165, 1.54) is 70.9 Å². The minimum absolute atomic E-state index is 1.09. The number of nitrogens with zero attached hydrogens (tertiary/aromatic N) is 2. The molecule has 12 aromatic rings. The van der Waals surface area contributed by atoms with Crippen LogP contribution in [0.4, 0.5) is 17.1 Å². The zero-order valence-corrected chi connectivity index (χ0v) is 34.0. The average Bonchev–Trinajstić information content (AvgIpc) is 3.69. The van der Waals surface area contributed by atoms with Crippen LogP contribution < -0.4 is 4.90 Å². The van der Waals surface area contributed by atoms with Crippen LogP contribution in [-0.2, 0) is 0 Å². The van der Waals surface area contributed by atoms with Gasteiger partial charge in [0.05, 0.1) is 28.1 Å². The van der Waals surface area contributed by atoms with Gasteiger partial charge in [-0.15, -0.1) is 0 Å². The molecule has 1 heterocycles. The summed E-state index contributed by atoms with van der Waals surface area (Å²) >= 11 is 0. The first kappa shape index (κ1) is 35.7. The molecule has 0 unspecified atom stereocenters. The van der Waals surface area contributed by atoms with Gasteiger partial charge in [0.25, 0.3) is 0 Å². The second-order valence-corrected chi connectivity index (χ2v) is 16.0. The summed E-state index contributed by atoms with van der Waals surface area (Å²) in [4.78, 5) is 2.54. The Kier molecular flexibility index (Phi) is 8.53. The van der Waals surface area contributed by atoms with Gasteiger partial charge in [0, 0.05) is 27.6 Å². The molecular formula is C60H40N2. The quantitative estimate of drug-likeness (QED) is 0.146. The third-order valence-corrected chi connectivity index (χ3v) is 12.6. The molecular weight excluding hydrogens is 749 g/mol. The summed E-state index contributed by atoms with van der Waals surface area (Å²) in [6.45, 7) is 0. The lowest BCUT2D eigenvalue weighted by atomic mass is 9.90.